The molecule has 0 aromatic heterocycles. The fourth-order valence-corrected chi connectivity index (χ4v) is 0.688. The Kier molecular flexibility index (Phi) is 6.70. The lowest BCUT2D eigenvalue weighted by molar-refractivity contribution is 0.0338. The lowest BCUT2D eigenvalue weighted by atomic mass is 10.3. The van der Waals surface area contributed by atoms with E-state index in [1.165, 1.54) is 0 Å². The smallest absolute Gasteiger partial charge is 0.434 e. The first-order valence-corrected chi connectivity index (χ1v) is 4.37. The molecule has 0 saturated heterocycles. The minimum absolute atomic E-state index is 0.147. The van der Waals surface area contributed by atoms with Gasteiger partial charge in [0, 0.05) is 6.42 Å². The third kappa shape index (κ3) is 8.67. The molecule has 0 spiro atoms. The summed E-state index contributed by atoms with van der Waals surface area (Å²) in [7, 11) is 0. The van der Waals surface area contributed by atoms with Crippen LogP contribution in [0.3, 0.4) is 0 Å². The topological polar surface area (TPSA) is 59.3 Å². The fraction of sp³-hybridized carbons (Fsp3) is 0.778. The maximum absolute atomic E-state index is 10.8. The lowest BCUT2D eigenvalue weighted by Crippen LogP contribution is -2.13. The van der Waals surface area contributed by atoms with Gasteiger partial charge in [0.15, 0.2) is 0 Å². The van der Waals surface area contributed by atoms with Crippen molar-refractivity contribution >= 4 is 6.16 Å². The maximum atomic E-state index is 10.8. The Labute approximate surface area is 78.4 Å². The molecule has 0 aliphatic carbocycles. The Hall–Kier alpha value is -1.24. The number of carbonyl (C=O) groups is 1. The Morgan fingerprint density at radius 1 is 1.46 bits per heavy atom. The molecule has 0 rings (SSSR count). The monoisotopic (exact) mass is 185 g/mol. The molecule has 0 aromatic rings. The van der Waals surface area contributed by atoms with Crippen LogP contribution in [-0.4, -0.2) is 18.9 Å². The molecule has 13 heavy (non-hydrogen) atoms. The van der Waals surface area contributed by atoms with E-state index in [0.29, 0.717) is 19.4 Å². The molecule has 74 valence electrons. The molecule has 0 fully saturated rings. The van der Waals surface area contributed by atoms with Crippen molar-refractivity contribution in [1.29, 1.82) is 5.26 Å². The van der Waals surface area contributed by atoms with Crippen molar-refractivity contribution in [2.45, 2.75) is 39.2 Å². The van der Waals surface area contributed by atoms with Gasteiger partial charge in [-0.05, 0) is 26.7 Å². The summed E-state index contributed by atoms with van der Waals surface area (Å²) in [5, 5.41) is 8.21. The predicted molar refractivity (Wildman–Crippen MR) is 47.0 cm³/mol. The number of hydrogen-bond donors (Lipinski definition) is 0. The molecule has 0 bridgehead atoms. The van der Waals surface area contributed by atoms with E-state index in [-0.39, 0.29) is 6.10 Å². The van der Waals surface area contributed by atoms with Gasteiger partial charge in [0.1, 0.15) is 0 Å². The minimum Gasteiger partial charge on any atom is -0.434 e. The van der Waals surface area contributed by atoms with E-state index in [1.807, 2.05) is 6.07 Å². The normalized spacial score (nSPS) is 9.38. The Balaban J connectivity index is 3.23. The van der Waals surface area contributed by atoms with E-state index < -0.39 is 6.16 Å². The molecular formula is C9H15NO3. The van der Waals surface area contributed by atoms with Crippen LogP contribution in [0.4, 0.5) is 4.79 Å². The predicted octanol–water partition coefficient (Wildman–Crippen LogP) is 2.24. The second-order valence-electron chi connectivity index (χ2n) is 2.88. The Morgan fingerprint density at radius 3 is 2.69 bits per heavy atom. The average molecular weight is 185 g/mol. The van der Waals surface area contributed by atoms with E-state index in [1.54, 1.807) is 13.8 Å². The van der Waals surface area contributed by atoms with Gasteiger partial charge in [-0.2, -0.15) is 5.26 Å². The highest BCUT2D eigenvalue weighted by Gasteiger charge is 2.04. The second kappa shape index (κ2) is 7.41. The minimum atomic E-state index is -0.632. The molecule has 0 saturated carbocycles. The van der Waals surface area contributed by atoms with Crippen LogP contribution in [0.5, 0.6) is 0 Å². The summed E-state index contributed by atoms with van der Waals surface area (Å²) in [5.74, 6) is 0. The molecule has 0 aliphatic rings. The first-order valence-electron chi connectivity index (χ1n) is 4.37. The number of hydrogen-bond acceptors (Lipinski definition) is 4. The molecule has 0 unspecified atom stereocenters. The fourth-order valence-electron chi connectivity index (χ4n) is 0.688. The number of carbonyl (C=O) groups excluding carboxylic acids is 1. The van der Waals surface area contributed by atoms with E-state index in [9.17, 15) is 4.79 Å². The molecule has 0 aromatic carbocycles. The van der Waals surface area contributed by atoms with Gasteiger partial charge in [-0.1, -0.05) is 0 Å². The first-order chi connectivity index (χ1) is 6.16. The van der Waals surface area contributed by atoms with Crippen molar-refractivity contribution in [1.82, 2.24) is 0 Å². The summed E-state index contributed by atoms with van der Waals surface area (Å²) in [6.45, 7) is 3.85. The van der Waals surface area contributed by atoms with E-state index >= 15 is 0 Å². The van der Waals surface area contributed by atoms with Crippen LogP contribution in [0.2, 0.25) is 0 Å². The molecule has 0 heterocycles. The van der Waals surface area contributed by atoms with Gasteiger partial charge >= 0.3 is 6.16 Å². The van der Waals surface area contributed by atoms with Gasteiger partial charge in [0.2, 0.25) is 0 Å². The van der Waals surface area contributed by atoms with Crippen molar-refractivity contribution in [3.05, 3.63) is 0 Å². The van der Waals surface area contributed by atoms with Crippen LogP contribution in [0.25, 0.3) is 0 Å². The molecular weight excluding hydrogens is 170 g/mol. The van der Waals surface area contributed by atoms with Gasteiger partial charge < -0.3 is 9.47 Å². The van der Waals surface area contributed by atoms with Crippen LogP contribution in [-0.2, 0) is 9.47 Å². The maximum Gasteiger partial charge on any atom is 0.508 e. The Bertz CT molecular complexity index is 184. The lowest BCUT2D eigenvalue weighted by Gasteiger charge is -2.07. The van der Waals surface area contributed by atoms with Crippen molar-refractivity contribution in [3.63, 3.8) is 0 Å². The molecule has 4 heteroatoms. The Morgan fingerprint density at radius 2 is 2.15 bits per heavy atom. The SMILES string of the molecule is CC(C)OC(=O)OCCCCC#N. The van der Waals surface area contributed by atoms with Crippen LogP contribution in [0.15, 0.2) is 0 Å². The standard InChI is InChI=1S/C9H15NO3/c1-8(2)13-9(11)12-7-5-3-4-6-10/h8H,3-5,7H2,1-2H3. The summed E-state index contributed by atoms with van der Waals surface area (Å²) in [4.78, 5) is 10.8. The quantitative estimate of drug-likeness (QED) is 0.486. The van der Waals surface area contributed by atoms with Crippen LogP contribution >= 0.6 is 0 Å². The highest BCUT2D eigenvalue weighted by atomic mass is 16.7. The largest absolute Gasteiger partial charge is 0.508 e. The third-order valence-corrected chi connectivity index (χ3v) is 1.23. The molecule has 0 radical (unpaired) electrons. The molecule has 0 aliphatic heterocycles. The summed E-state index contributed by atoms with van der Waals surface area (Å²) < 4.78 is 9.46. The highest BCUT2D eigenvalue weighted by Crippen LogP contribution is 1.97. The van der Waals surface area contributed by atoms with E-state index in [0.717, 1.165) is 6.42 Å². The molecule has 0 N–H and O–H groups in total. The zero-order valence-corrected chi connectivity index (χ0v) is 8.08. The second-order valence-corrected chi connectivity index (χ2v) is 2.88. The van der Waals surface area contributed by atoms with Gasteiger partial charge in [-0.25, -0.2) is 4.79 Å². The summed E-state index contributed by atoms with van der Waals surface area (Å²) >= 11 is 0. The van der Waals surface area contributed by atoms with Crippen molar-refractivity contribution in [2.75, 3.05) is 6.61 Å². The third-order valence-electron chi connectivity index (χ3n) is 1.23. The van der Waals surface area contributed by atoms with Crippen LogP contribution < -0.4 is 0 Å². The number of nitriles is 1. The summed E-state index contributed by atoms with van der Waals surface area (Å²) in [6.07, 6.45) is 1.19. The first kappa shape index (κ1) is 11.8. The number of unbranched alkanes of at least 4 members (excludes halogenated alkanes) is 2. The van der Waals surface area contributed by atoms with Crippen LogP contribution in [0.1, 0.15) is 33.1 Å². The molecule has 0 amide bonds. The van der Waals surface area contributed by atoms with Crippen molar-refractivity contribution < 1.29 is 14.3 Å². The van der Waals surface area contributed by atoms with E-state index in [4.69, 9.17) is 14.7 Å². The van der Waals surface area contributed by atoms with Crippen molar-refractivity contribution in [3.8, 4) is 6.07 Å². The molecule has 0 atom stereocenters. The van der Waals surface area contributed by atoms with Gasteiger partial charge in [-0.3, -0.25) is 0 Å². The summed E-state index contributed by atoms with van der Waals surface area (Å²) in [6, 6.07) is 2.02. The zero-order valence-electron chi connectivity index (χ0n) is 8.08. The highest BCUT2D eigenvalue weighted by molar-refractivity contribution is 5.59. The van der Waals surface area contributed by atoms with Crippen LogP contribution in [0, 0.1) is 11.3 Å². The number of rotatable bonds is 5. The number of nitrogens with zero attached hydrogens (tertiary/aromatic N) is 1. The van der Waals surface area contributed by atoms with E-state index in [2.05, 4.69) is 0 Å². The number of ether oxygens (including phenoxy) is 2. The van der Waals surface area contributed by atoms with Gasteiger partial charge in [0.25, 0.3) is 0 Å². The van der Waals surface area contributed by atoms with Crippen molar-refractivity contribution in [2.24, 2.45) is 0 Å². The van der Waals surface area contributed by atoms with Gasteiger partial charge in [0.05, 0.1) is 18.8 Å². The van der Waals surface area contributed by atoms with Gasteiger partial charge in [-0.15, -0.1) is 0 Å². The summed E-state index contributed by atoms with van der Waals surface area (Å²) in [5.41, 5.74) is 0. The average Bonchev–Trinajstić information content (AvgIpc) is 2.02. The molecule has 4 nitrogen and oxygen atoms in total. The zero-order chi connectivity index (χ0) is 10.1.